The number of nitriles is 1. The van der Waals surface area contributed by atoms with E-state index >= 15 is 0 Å². The molecule has 2 fully saturated rings. The molecule has 1 aromatic rings. The summed E-state index contributed by atoms with van der Waals surface area (Å²) < 4.78 is 0. The highest BCUT2D eigenvalue weighted by atomic mass is 15.2. The van der Waals surface area contributed by atoms with Crippen LogP contribution in [0.3, 0.4) is 0 Å². The van der Waals surface area contributed by atoms with E-state index in [2.05, 4.69) is 30.0 Å². The fourth-order valence-corrected chi connectivity index (χ4v) is 4.63. The second-order valence-electron chi connectivity index (χ2n) is 7.51. The van der Waals surface area contributed by atoms with E-state index in [1.165, 1.54) is 70.0 Å². The molecule has 1 saturated heterocycles. The predicted molar refractivity (Wildman–Crippen MR) is 95.4 cm³/mol. The van der Waals surface area contributed by atoms with Crippen LogP contribution in [0.2, 0.25) is 0 Å². The Morgan fingerprint density at radius 3 is 2.22 bits per heavy atom. The van der Waals surface area contributed by atoms with Gasteiger partial charge in [-0.25, -0.2) is 0 Å². The molecule has 1 saturated carbocycles. The molecule has 124 valence electrons. The first kappa shape index (κ1) is 16.5. The highest BCUT2D eigenvalue weighted by Gasteiger charge is 2.29. The van der Waals surface area contributed by atoms with Gasteiger partial charge < -0.3 is 4.90 Å². The SMILES string of the molecule is CCC[C@H]1CC[C@H](N2CCC(c3ccc(C#N)cc3)CC2)CC1. The lowest BCUT2D eigenvalue weighted by atomic mass is 9.81. The molecule has 1 aliphatic heterocycles. The Bertz CT molecular complexity index is 512. The zero-order chi connectivity index (χ0) is 16.1. The molecule has 2 heteroatoms. The number of piperidine rings is 1. The normalized spacial score (nSPS) is 26.8. The predicted octanol–water partition coefficient (Wildman–Crippen LogP) is 5.10. The fourth-order valence-electron chi connectivity index (χ4n) is 4.63. The Labute approximate surface area is 141 Å². The van der Waals surface area contributed by atoms with Gasteiger partial charge in [0.05, 0.1) is 11.6 Å². The summed E-state index contributed by atoms with van der Waals surface area (Å²) in [5, 5.41) is 8.91. The molecule has 2 nitrogen and oxygen atoms in total. The van der Waals surface area contributed by atoms with Crippen molar-refractivity contribution in [2.75, 3.05) is 13.1 Å². The van der Waals surface area contributed by atoms with Crippen LogP contribution in [-0.2, 0) is 0 Å². The minimum Gasteiger partial charge on any atom is -0.300 e. The van der Waals surface area contributed by atoms with Crippen LogP contribution in [0.1, 0.15) is 75.3 Å². The van der Waals surface area contributed by atoms with Crippen LogP contribution in [0, 0.1) is 17.2 Å². The Hall–Kier alpha value is -1.33. The van der Waals surface area contributed by atoms with Crippen molar-refractivity contribution in [1.82, 2.24) is 4.90 Å². The van der Waals surface area contributed by atoms with Gasteiger partial charge in [0.25, 0.3) is 0 Å². The van der Waals surface area contributed by atoms with Gasteiger partial charge in [-0.3, -0.25) is 0 Å². The first-order valence-corrected chi connectivity index (χ1v) is 9.54. The average molecular weight is 310 g/mol. The zero-order valence-corrected chi connectivity index (χ0v) is 14.5. The van der Waals surface area contributed by atoms with Gasteiger partial charge in [-0.2, -0.15) is 5.26 Å². The van der Waals surface area contributed by atoms with Crippen LogP contribution in [0.15, 0.2) is 24.3 Å². The summed E-state index contributed by atoms with van der Waals surface area (Å²) in [6.07, 6.45) is 11.1. The molecule has 0 unspecified atom stereocenters. The third-order valence-electron chi connectivity index (χ3n) is 6.07. The Morgan fingerprint density at radius 1 is 1.00 bits per heavy atom. The van der Waals surface area contributed by atoms with E-state index < -0.39 is 0 Å². The highest BCUT2D eigenvalue weighted by molar-refractivity contribution is 5.33. The Morgan fingerprint density at radius 2 is 1.65 bits per heavy atom. The van der Waals surface area contributed by atoms with Crippen LogP contribution in [0.4, 0.5) is 0 Å². The van der Waals surface area contributed by atoms with Gasteiger partial charge in [0, 0.05) is 6.04 Å². The van der Waals surface area contributed by atoms with Gasteiger partial charge >= 0.3 is 0 Å². The smallest absolute Gasteiger partial charge is 0.0991 e. The summed E-state index contributed by atoms with van der Waals surface area (Å²) in [5.41, 5.74) is 2.20. The van der Waals surface area contributed by atoms with Crippen LogP contribution in [-0.4, -0.2) is 24.0 Å². The van der Waals surface area contributed by atoms with Gasteiger partial charge in [0.1, 0.15) is 0 Å². The third kappa shape index (κ3) is 4.15. The van der Waals surface area contributed by atoms with Crippen molar-refractivity contribution in [2.24, 2.45) is 5.92 Å². The summed E-state index contributed by atoms with van der Waals surface area (Å²) in [7, 11) is 0. The average Bonchev–Trinajstić information content (AvgIpc) is 2.63. The second-order valence-corrected chi connectivity index (χ2v) is 7.51. The molecule has 1 aliphatic carbocycles. The molecule has 0 atom stereocenters. The molecular weight excluding hydrogens is 280 g/mol. The standard InChI is InChI=1S/C21H30N2/c1-2-3-17-6-10-21(11-7-17)23-14-12-20(13-15-23)19-8-4-18(16-22)5-9-19/h4-5,8-9,17,20-21H,2-3,6-7,10-15H2,1H3/t17-,21-. The second kappa shape index (κ2) is 7.97. The van der Waals surface area contributed by atoms with E-state index in [-0.39, 0.29) is 0 Å². The molecule has 23 heavy (non-hydrogen) atoms. The molecule has 1 aromatic carbocycles. The Kier molecular flexibility index (Phi) is 5.73. The largest absolute Gasteiger partial charge is 0.300 e. The van der Waals surface area contributed by atoms with Crippen molar-refractivity contribution in [1.29, 1.82) is 5.26 Å². The van der Waals surface area contributed by atoms with Crippen molar-refractivity contribution >= 4 is 0 Å². The van der Waals surface area contributed by atoms with Gasteiger partial charge in [-0.05, 0) is 81.1 Å². The van der Waals surface area contributed by atoms with Crippen LogP contribution in [0.5, 0.6) is 0 Å². The molecule has 0 amide bonds. The lowest BCUT2D eigenvalue weighted by molar-refractivity contribution is 0.106. The lowest BCUT2D eigenvalue weighted by Crippen LogP contribution is -2.42. The number of hydrogen-bond donors (Lipinski definition) is 0. The number of nitrogens with zero attached hydrogens (tertiary/aromatic N) is 2. The minimum atomic E-state index is 0.690. The fraction of sp³-hybridized carbons (Fsp3) is 0.667. The number of rotatable bonds is 4. The summed E-state index contributed by atoms with van der Waals surface area (Å²) in [6.45, 7) is 4.83. The summed E-state index contributed by atoms with van der Waals surface area (Å²) >= 11 is 0. The first-order chi connectivity index (χ1) is 11.3. The van der Waals surface area contributed by atoms with E-state index in [9.17, 15) is 0 Å². The molecule has 0 spiro atoms. The summed E-state index contributed by atoms with van der Waals surface area (Å²) in [5.74, 6) is 1.70. The molecule has 0 radical (unpaired) electrons. The van der Waals surface area contributed by atoms with Gasteiger partial charge in [-0.15, -0.1) is 0 Å². The molecule has 0 aromatic heterocycles. The minimum absolute atomic E-state index is 0.690. The van der Waals surface area contributed by atoms with E-state index in [0.717, 1.165) is 17.5 Å². The van der Waals surface area contributed by atoms with Crippen molar-refractivity contribution in [2.45, 2.75) is 70.3 Å². The van der Waals surface area contributed by atoms with Crippen molar-refractivity contribution in [3.63, 3.8) is 0 Å². The number of benzene rings is 1. The Balaban J connectivity index is 1.48. The molecule has 3 rings (SSSR count). The van der Waals surface area contributed by atoms with Gasteiger partial charge in [-0.1, -0.05) is 31.9 Å². The van der Waals surface area contributed by atoms with Gasteiger partial charge in [0.2, 0.25) is 0 Å². The van der Waals surface area contributed by atoms with Crippen molar-refractivity contribution < 1.29 is 0 Å². The lowest BCUT2D eigenvalue weighted by Gasteiger charge is -2.41. The number of hydrogen-bond acceptors (Lipinski definition) is 2. The quantitative estimate of drug-likeness (QED) is 0.774. The van der Waals surface area contributed by atoms with E-state index in [0.29, 0.717) is 5.92 Å². The zero-order valence-electron chi connectivity index (χ0n) is 14.5. The summed E-state index contributed by atoms with van der Waals surface area (Å²) in [6, 6.07) is 11.3. The van der Waals surface area contributed by atoms with E-state index in [1.807, 2.05) is 12.1 Å². The van der Waals surface area contributed by atoms with E-state index in [4.69, 9.17) is 5.26 Å². The topological polar surface area (TPSA) is 27.0 Å². The molecule has 1 heterocycles. The van der Waals surface area contributed by atoms with Gasteiger partial charge in [0.15, 0.2) is 0 Å². The maximum absolute atomic E-state index is 8.91. The monoisotopic (exact) mass is 310 g/mol. The molecular formula is C21H30N2. The molecule has 0 N–H and O–H groups in total. The molecule has 0 bridgehead atoms. The third-order valence-corrected chi connectivity index (χ3v) is 6.07. The van der Waals surface area contributed by atoms with Crippen molar-refractivity contribution in [3.8, 4) is 6.07 Å². The summed E-state index contributed by atoms with van der Waals surface area (Å²) in [4.78, 5) is 2.77. The van der Waals surface area contributed by atoms with E-state index in [1.54, 1.807) is 0 Å². The van der Waals surface area contributed by atoms with Crippen LogP contribution < -0.4 is 0 Å². The van der Waals surface area contributed by atoms with Crippen LogP contribution in [0.25, 0.3) is 0 Å². The van der Waals surface area contributed by atoms with Crippen LogP contribution >= 0.6 is 0 Å². The maximum atomic E-state index is 8.91. The molecule has 2 aliphatic rings. The highest BCUT2D eigenvalue weighted by Crippen LogP contribution is 2.34. The first-order valence-electron chi connectivity index (χ1n) is 9.54. The maximum Gasteiger partial charge on any atom is 0.0991 e. The van der Waals surface area contributed by atoms with Crippen molar-refractivity contribution in [3.05, 3.63) is 35.4 Å². The number of likely N-dealkylation sites (tertiary alicyclic amines) is 1.